The molecule has 0 heterocycles. The summed E-state index contributed by atoms with van der Waals surface area (Å²) in [5, 5.41) is 0. The van der Waals surface area contributed by atoms with E-state index >= 15 is 0 Å². The highest BCUT2D eigenvalue weighted by atomic mass is 32.2. The molecule has 0 aliphatic rings. The van der Waals surface area contributed by atoms with E-state index in [4.69, 9.17) is 0 Å². The minimum Gasteiger partial charge on any atom is -0.215 e. The van der Waals surface area contributed by atoms with Gasteiger partial charge in [-0.15, -0.1) is 0 Å². The van der Waals surface area contributed by atoms with Crippen molar-refractivity contribution in [1.82, 2.24) is 4.72 Å². The first-order chi connectivity index (χ1) is 11.0. The molecule has 0 atom stereocenters. The summed E-state index contributed by atoms with van der Waals surface area (Å²) in [4.78, 5) is 0. The van der Waals surface area contributed by atoms with Crippen LogP contribution in [0.5, 0.6) is 0 Å². The van der Waals surface area contributed by atoms with Crippen molar-refractivity contribution in [2.75, 3.05) is 6.54 Å². The van der Waals surface area contributed by atoms with Crippen LogP contribution in [-0.2, 0) is 22.2 Å². The van der Waals surface area contributed by atoms with E-state index in [1.807, 2.05) is 0 Å². The van der Waals surface area contributed by atoms with E-state index < -0.39 is 15.8 Å². The Labute approximate surface area is 135 Å². The monoisotopic (exact) mass is 339 g/mol. The van der Waals surface area contributed by atoms with Gasteiger partial charge in [0.05, 0.1) is 5.75 Å². The number of sulfonamides is 1. The first-order valence-corrected chi connectivity index (χ1v) is 9.07. The van der Waals surface area contributed by atoms with Gasteiger partial charge in [-0.3, -0.25) is 0 Å². The van der Waals surface area contributed by atoms with E-state index in [9.17, 15) is 17.2 Å². The van der Waals surface area contributed by atoms with Gasteiger partial charge >= 0.3 is 0 Å². The summed E-state index contributed by atoms with van der Waals surface area (Å²) >= 11 is 0. The number of nitrogens with one attached hydrogen (secondary N) is 1. The lowest BCUT2D eigenvalue weighted by atomic mass is 10.1. The number of benzene rings is 2. The summed E-state index contributed by atoms with van der Waals surface area (Å²) in [7, 11) is -3.45. The lowest BCUT2D eigenvalue weighted by Gasteiger charge is -2.07. The molecule has 0 radical (unpaired) electrons. The van der Waals surface area contributed by atoms with Gasteiger partial charge < -0.3 is 0 Å². The van der Waals surface area contributed by atoms with Crippen LogP contribution in [0.3, 0.4) is 0 Å². The summed E-state index contributed by atoms with van der Waals surface area (Å²) in [5.41, 5.74) is 1.17. The molecule has 0 bridgehead atoms. The van der Waals surface area contributed by atoms with E-state index in [1.165, 1.54) is 30.3 Å². The zero-order chi connectivity index (χ0) is 16.7. The summed E-state index contributed by atoms with van der Waals surface area (Å²) in [6, 6.07) is 11.9. The van der Waals surface area contributed by atoms with Crippen molar-refractivity contribution in [2.24, 2.45) is 0 Å². The molecular formula is C17H19F2NO2S. The molecule has 2 rings (SSSR count). The minimum absolute atomic E-state index is 0.180. The fraction of sp³-hybridized carbons (Fsp3) is 0.294. The Balaban J connectivity index is 1.72. The van der Waals surface area contributed by atoms with Gasteiger partial charge in [-0.2, -0.15) is 0 Å². The minimum atomic E-state index is -3.45. The molecular weight excluding hydrogens is 320 g/mol. The van der Waals surface area contributed by atoms with E-state index in [0.29, 0.717) is 36.9 Å². The molecule has 23 heavy (non-hydrogen) atoms. The summed E-state index contributed by atoms with van der Waals surface area (Å²) in [6.07, 6.45) is 1.89. The lowest BCUT2D eigenvalue weighted by Crippen LogP contribution is -2.26. The fourth-order valence-corrected chi connectivity index (χ4v) is 3.41. The Bertz CT molecular complexity index is 731. The predicted molar refractivity (Wildman–Crippen MR) is 86.4 cm³/mol. The van der Waals surface area contributed by atoms with Crippen LogP contribution in [0.2, 0.25) is 0 Å². The Morgan fingerprint density at radius 1 is 0.913 bits per heavy atom. The van der Waals surface area contributed by atoms with Crippen LogP contribution < -0.4 is 4.72 Å². The van der Waals surface area contributed by atoms with Gasteiger partial charge in [0.25, 0.3) is 0 Å². The molecule has 3 nitrogen and oxygen atoms in total. The topological polar surface area (TPSA) is 46.2 Å². The molecule has 2 aromatic carbocycles. The van der Waals surface area contributed by atoms with Crippen LogP contribution in [0.15, 0.2) is 48.5 Å². The van der Waals surface area contributed by atoms with E-state index in [2.05, 4.69) is 4.72 Å². The van der Waals surface area contributed by atoms with Crippen molar-refractivity contribution in [3.8, 4) is 0 Å². The van der Waals surface area contributed by atoms with Gasteiger partial charge in [0.15, 0.2) is 0 Å². The number of aryl methyl sites for hydroxylation is 1. The van der Waals surface area contributed by atoms with Gasteiger partial charge in [0, 0.05) is 6.54 Å². The summed E-state index contributed by atoms with van der Waals surface area (Å²) in [5.74, 6) is -0.808. The van der Waals surface area contributed by atoms with Gasteiger partial charge in [-0.1, -0.05) is 30.3 Å². The van der Waals surface area contributed by atoms with Crippen LogP contribution in [0.4, 0.5) is 8.78 Å². The Morgan fingerprint density at radius 3 is 2.30 bits per heavy atom. The van der Waals surface area contributed by atoms with Crippen LogP contribution in [0, 0.1) is 11.6 Å². The van der Waals surface area contributed by atoms with Crippen molar-refractivity contribution in [2.45, 2.75) is 25.0 Å². The van der Waals surface area contributed by atoms with Gasteiger partial charge in [0.1, 0.15) is 11.6 Å². The molecule has 0 spiro atoms. The lowest BCUT2D eigenvalue weighted by molar-refractivity contribution is 0.572. The molecule has 0 saturated carbocycles. The fourth-order valence-electron chi connectivity index (χ4n) is 2.22. The average molecular weight is 339 g/mol. The van der Waals surface area contributed by atoms with Crippen molar-refractivity contribution in [1.29, 1.82) is 0 Å². The molecule has 0 amide bonds. The number of unbranched alkanes of at least 4 members (excludes halogenated alkanes) is 1. The number of hydrogen-bond donors (Lipinski definition) is 1. The largest absolute Gasteiger partial charge is 0.215 e. The van der Waals surface area contributed by atoms with Crippen molar-refractivity contribution < 1.29 is 17.2 Å². The zero-order valence-electron chi connectivity index (χ0n) is 12.6. The second kappa shape index (κ2) is 8.17. The molecule has 0 aliphatic heterocycles. The third-order valence-corrected chi connectivity index (χ3v) is 4.78. The van der Waals surface area contributed by atoms with Crippen molar-refractivity contribution in [3.05, 3.63) is 71.3 Å². The number of halogens is 2. The Morgan fingerprint density at radius 2 is 1.61 bits per heavy atom. The third-order valence-electron chi connectivity index (χ3n) is 3.42. The van der Waals surface area contributed by atoms with Crippen LogP contribution in [-0.4, -0.2) is 15.0 Å². The molecule has 0 saturated heterocycles. The first kappa shape index (κ1) is 17.6. The first-order valence-electron chi connectivity index (χ1n) is 7.41. The average Bonchev–Trinajstić information content (AvgIpc) is 2.51. The van der Waals surface area contributed by atoms with E-state index in [1.54, 1.807) is 18.2 Å². The summed E-state index contributed by atoms with van der Waals surface area (Å²) in [6.45, 7) is 0.304. The van der Waals surface area contributed by atoms with Crippen LogP contribution in [0.25, 0.3) is 0 Å². The summed E-state index contributed by atoms with van der Waals surface area (Å²) < 4.78 is 52.5. The number of rotatable bonds is 8. The SMILES string of the molecule is O=S(=O)(Cc1ccc(F)cc1)NCCCCc1ccccc1F. The molecule has 6 heteroatoms. The maximum Gasteiger partial charge on any atom is 0.215 e. The second-order valence-corrected chi connectivity index (χ2v) is 7.14. The number of hydrogen-bond acceptors (Lipinski definition) is 2. The standard InChI is InChI=1S/C17H19F2NO2S/c18-16-10-8-14(9-11-16)13-23(21,22)20-12-4-3-6-15-5-1-2-7-17(15)19/h1-2,5,7-11,20H,3-4,6,12-13H2. The molecule has 0 aromatic heterocycles. The molecule has 0 aliphatic carbocycles. The molecule has 124 valence electrons. The van der Waals surface area contributed by atoms with Crippen LogP contribution in [0.1, 0.15) is 24.0 Å². The van der Waals surface area contributed by atoms with E-state index in [0.717, 1.165) is 0 Å². The highest BCUT2D eigenvalue weighted by molar-refractivity contribution is 7.88. The smallest absolute Gasteiger partial charge is 0.215 e. The van der Waals surface area contributed by atoms with Crippen molar-refractivity contribution >= 4 is 10.0 Å². The van der Waals surface area contributed by atoms with Gasteiger partial charge in [0.2, 0.25) is 10.0 Å². The Hall–Kier alpha value is -1.79. The van der Waals surface area contributed by atoms with Gasteiger partial charge in [-0.25, -0.2) is 21.9 Å². The van der Waals surface area contributed by atoms with E-state index in [-0.39, 0.29) is 11.6 Å². The predicted octanol–water partition coefficient (Wildman–Crippen LogP) is 3.41. The highest BCUT2D eigenvalue weighted by Gasteiger charge is 2.11. The Kier molecular flexibility index (Phi) is 6.24. The maximum atomic E-state index is 13.4. The maximum absolute atomic E-state index is 13.4. The van der Waals surface area contributed by atoms with Crippen molar-refractivity contribution in [3.63, 3.8) is 0 Å². The molecule has 2 aromatic rings. The second-order valence-electron chi connectivity index (χ2n) is 5.33. The molecule has 0 fully saturated rings. The zero-order valence-corrected chi connectivity index (χ0v) is 13.5. The normalized spacial score (nSPS) is 11.6. The quantitative estimate of drug-likeness (QED) is 0.749. The molecule has 1 N–H and O–H groups in total. The van der Waals surface area contributed by atoms with Crippen LogP contribution >= 0.6 is 0 Å². The highest BCUT2D eigenvalue weighted by Crippen LogP contribution is 2.10. The third kappa shape index (κ3) is 6.08. The molecule has 0 unspecified atom stereocenters. The van der Waals surface area contributed by atoms with Gasteiger partial charge in [-0.05, 0) is 48.6 Å².